The maximum atomic E-state index is 12.1. The van der Waals surface area contributed by atoms with Crippen molar-refractivity contribution >= 4 is 16.7 Å². The Morgan fingerprint density at radius 3 is 2.75 bits per heavy atom. The van der Waals surface area contributed by atoms with Crippen LogP contribution in [0.4, 0.5) is 0 Å². The number of rotatable bonds is 5. The van der Waals surface area contributed by atoms with Gasteiger partial charge >= 0.3 is 5.69 Å². The fourth-order valence-electron chi connectivity index (χ4n) is 2.75. The molecule has 3 aromatic rings. The molecule has 0 radical (unpaired) electrons. The third-order valence-corrected chi connectivity index (χ3v) is 3.86. The highest BCUT2D eigenvalue weighted by molar-refractivity contribution is 5.83. The van der Waals surface area contributed by atoms with Crippen LogP contribution in [0.1, 0.15) is 12.5 Å². The number of carbonyl (C=O) groups excluding carboxylic acids is 1. The summed E-state index contributed by atoms with van der Waals surface area (Å²) in [6, 6.07) is 16.1. The average molecular weight is 321 g/mol. The Hall–Kier alpha value is -2.95. The number of benzene rings is 2. The molecule has 1 amide bonds. The fraction of sp³-hybridized carbons (Fsp3) is 0.211. The van der Waals surface area contributed by atoms with Crippen LogP contribution in [0, 0.1) is 0 Å². The second-order valence-electron chi connectivity index (χ2n) is 5.88. The van der Waals surface area contributed by atoms with Gasteiger partial charge in [-0.3, -0.25) is 9.36 Å². The lowest BCUT2D eigenvalue weighted by molar-refractivity contribution is -0.122. The Balaban J connectivity index is 1.62. The topological polar surface area (TPSA) is 64.0 Å². The predicted molar refractivity (Wildman–Crippen MR) is 93.8 cm³/mol. The third kappa shape index (κ3) is 3.87. The molecule has 1 aromatic heterocycles. The molecule has 24 heavy (non-hydrogen) atoms. The molecule has 1 atom stereocenters. The summed E-state index contributed by atoms with van der Waals surface area (Å²) >= 11 is 0. The zero-order valence-electron chi connectivity index (χ0n) is 13.5. The fourth-order valence-corrected chi connectivity index (χ4v) is 2.75. The first-order chi connectivity index (χ1) is 11.6. The molecule has 1 N–H and O–H groups in total. The Labute approximate surface area is 140 Å². The van der Waals surface area contributed by atoms with Crippen molar-refractivity contribution in [1.29, 1.82) is 0 Å². The van der Waals surface area contributed by atoms with Crippen LogP contribution in [-0.4, -0.2) is 21.5 Å². The van der Waals surface area contributed by atoms with Crippen molar-refractivity contribution in [2.75, 3.05) is 0 Å². The summed E-state index contributed by atoms with van der Waals surface area (Å²) in [4.78, 5) is 27.2. The number of hydrogen-bond acceptors (Lipinski definition) is 3. The van der Waals surface area contributed by atoms with Crippen LogP contribution in [0.3, 0.4) is 0 Å². The first-order valence-corrected chi connectivity index (χ1v) is 7.90. The summed E-state index contributed by atoms with van der Waals surface area (Å²) in [6.45, 7) is 1.94. The summed E-state index contributed by atoms with van der Waals surface area (Å²) in [5, 5.41) is 5.32. The van der Waals surface area contributed by atoms with Crippen LogP contribution in [0.15, 0.2) is 65.7 Å². The molecule has 3 rings (SSSR count). The maximum Gasteiger partial charge on any atom is 0.347 e. The second-order valence-corrected chi connectivity index (χ2v) is 5.88. The van der Waals surface area contributed by atoms with Crippen LogP contribution in [-0.2, 0) is 17.8 Å². The van der Waals surface area contributed by atoms with E-state index in [1.165, 1.54) is 27.1 Å². The minimum absolute atomic E-state index is 0.0191. The van der Waals surface area contributed by atoms with E-state index in [1.54, 1.807) is 12.3 Å². The van der Waals surface area contributed by atoms with Crippen LogP contribution >= 0.6 is 0 Å². The summed E-state index contributed by atoms with van der Waals surface area (Å²) < 4.78 is 1.29. The van der Waals surface area contributed by atoms with Gasteiger partial charge in [0, 0.05) is 18.4 Å². The molecule has 0 aliphatic heterocycles. The second kappa shape index (κ2) is 7.08. The number of aromatic nitrogens is 2. The van der Waals surface area contributed by atoms with Crippen LogP contribution in [0.5, 0.6) is 0 Å². The molecule has 0 aliphatic rings. The van der Waals surface area contributed by atoms with Gasteiger partial charge in [-0.2, -0.15) is 0 Å². The maximum absolute atomic E-state index is 12.1. The van der Waals surface area contributed by atoms with Gasteiger partial charge in [-0.25, -0.2) is 9.78 Å². The SMILES string of the molecule is CC(Cc1ccc2ccccc2c1)NC(=O)Cn1cccnc1=O. The minimum atomic E-state index is -0.421. The molecule has 5 nitrogen and oxygen atoms in total. The number of nitrogens with one attached hydrogen (secondary N) is 1. The van der Waals surface area contributed by atoms with E-state index in [4.69, 9.17) is 0 Å². The van der Waals surface area contributed by atoms with Gasteiger partial charge in [0.2, 0.25) is 5.91 Å². The normalized spacial score (nSPS) is 12.0. The number of amides is 1. The van der Waals surface area contributed by atoms with Gasteiger partial charge in [0.25, 0.3) is 0 Å². The summed E-state index contributed by atoms with van der Waals surface area (Å²) in [5.41, 5.74) is 0.745. The van der Waals surface area contributed by atoms with E-state index in [0.29, 0.717) is 0 Å². The van der Waals surface area contributed by atoms with Crippen molar-refractivity contribution < 1.29 is 4.79 Å². The molecule has 0 saturated carbocycles. The summed E-state index contributed by atoms with van der Waals surface area (Å²) in [7, 11) is 0. The van der Waals surface area contributed by atoms with Crippen LogP contribution in [0.2, 0.25) is 0 Å². The summed E-state index contributed by atoms with van der Waals surface area (Å²) in [6.07, 6.45) is 3.71. The van der Waals surface area contributed by atoms with Crippen molar-refractivity contribution in [3.8, 4) is 0 Å². The van der Waals surface area contributed by atoms with Crippen molar-refractivity contribution in [1.82, 2.24) is 14.9 Å². The quantitative estimate of drug-likeness (QED) is 0.783. The van der Waals surface area contributed by atoms with E-state index >= 15 is 0 Å². The lowest BCUT2D eigenvalue weighted by atomic mass is 10.0. The highest BCUT2D eigenvalue weighted by atomic mass is 16.2. The Kier molecular flexibility index (Phi) is 4.70. The molecule has 1 unspecified atom stereocenters. The zero-order valence-corrected chi connectivity index (χ0v) is 13.5. The van der Waals surface area contributed by atoms with Crippen LogP contribution in [0.25, 0.3) is 10.8 Å². The molecule has 0 aliphatic carbocycles. The number of carbonyl (C=O) groups is 1. The highest BCUT2D eigenvalue weighted by Gasteiger charge is 2.10. The van der Waals surface area contributed by atoms with Gasteiger partial charge in [-0.05, 0) is 35.7 Å². The monoisotopic (exact) mass is 321 g/mol. The molecule has 5 heteroatoms. The van der Waals surface area contributed by atoms with E-state index in [0.717, 1.165) is 6.42 Å². The first kappa shape index (κ1) is 15.9. The van der Waals surface area contributed by atoms with Gasteiger partial charge in [0.1, 0.15) is 6.54 Å². The van der Waals surface area contributed by atoms with Crippen molar-refractivity contribution in [2.45, 2.75) is 25.9 Å². The lowest BCUT2D eigenvalue weighted by Crippen LogP contribution is -2.38. The summed E-state index contributed by atoms with van der Waals surface area (Å²) in [5.74, 6) is -0.196. The first-order valence-electron chi connectivity index (χ1n) is 7.90. The molecular formula is C19H19N3O2. The highest BCUT2D eigenvalue weighted by Crippen LogP contribution is 2.16. The minimum Gasteiger partial charge on any atom is -0.352 e. The number of hydrogen-bond donors (Lipinski definition) is 1. The van der Waals surface area contributed by atoms with Crippen molar-refractivity contribution in [2.24, 2.45) is 0 Å². The van der Waals surface area contributed by atoms with Gasteiger partial charge in [0.05, 0.1) is 0 Å². The Morgan fingerprint density at radius 1 is 1.17 bits per heavy atom. The lowest BCUT2D eigenvalue weighted by Gasteiger charge is -2.15. The molecule has 2 aromatic carbocycles. The van der Waals surface area contributed by atoms with E-state index in [-0.39, 0.29) is 18.5 Å². The van der Waals surface area contributed by atoms with Crippen LogP contribution < -0.4 is 11.0 Å². The van der Waals surface area contributed by atoms with E-state index < -0.39 is 5.69 Å². The van der Waals surface area contributed by atoms with Gasteiger partial charge in [-0.15, -0.1) is 0 Å². The largest absolute Gasteiger partial charge is 0.352 e. The van der Waals surface area contributed by atoms with Gasteiger partial charge < -0.3 is 5.32 Å². The molecule has 0 saturated heterocycles. The standard InChI is InChI=1S/C19H19N3O2/c1-14(21-18(23)13-22-10-4-9-20-19(22)24)11-15-7-8-16-5-2-3-6-17(16)12-15/h2-10,12,14H,11,13H2,1H3,(H,21,23). The molecule has 1 heterocycles. The smallest absolute Gasteiger partial charge is 0.347 e. The molecule has 0 fully saturated rings. The molecular weight excluding hydrogens is 302 g/mol. The van der Waals surface area contributed by atoms with Gasteiger partial charge in [0.15, 0.2) is 0 Å². The molecule has 0 bridgehead atoms. The van der Waals surface area contributed by atoms with E-state index in [9.17, 15) is 9.59 Å². The average Bonchev–Trinajstić information content (AvgIpc) is 2.56. The predicted octanol–water partition coefficient (Wildman–Crippen LogP) is 2.14. The van der Waals surface area contributed by atoms with Gasteiger partial charge in [-0.1, -0.05) is 42.5 Å². The van der Waals surface area contributed by atoms with Crippen molar-refractivity contribution in [3.63, 3.8) is 0 Å². The number of nitrogens with zero attached hydrogens (tertiary/aromatic N) is 2. The third-order valence-electron chi connectivity index (χ3n) is 3.86. The van der Waals surface area contributed by atoms with Crippen molar-refractivity contribution in [3.05, 3.63) is 77.0 Å². The Bertz CT molecular complexity index is 917. The van der Waals surface area contributed by atoms with E-state index in [2.05, 4.69) is 40.6 Å². The van der Waals surface area contributed by atoms with E-state index in [1.807, 2.05) is 19.1 Å². The zero-order chi connectivity index (χ0) is 16.9. The molecule has 0 spiro atoms. The molecule has 122 valence electrons. The Morgan fingerprint density at radius 2 is 1.96 bits per heavy atom. The number of fused-ring (bicyclic) bond motifs is 1.